The highest BCUT2D eigenvalue weighted by Gasteiger charge is 2.17. The van der Waals surface area contributed by atoms with Gasteiger partial charge in [0.15, 0.2) is 15.5 Å². The molecule has 0 bridgehead atoms. The molecule has 0 fully saturated rings. The lowest BCUT2D eigenvalue weighted by Crippen LogP contribution is -2.22. The molecule has 0 aromatic carbocycles. The predicted octanol–water partition coefficient (Wildman–Crippen LogP) is 2.95. The third-order valence-electron chi connectivity index (χ3n) is 1.27. The maximum Gasteiger partial charge on any atom is 0.173 e. The van der Waals surface area contributed by atoms with E-state index < -0.39 is 15.5 Å². The molecule has 0 aliphatic carbocycles. The SMILES string of the molecule is C#C[Si](C)(C)/C=C/[Si](C)(C)Cl. The molecule has 0 radical (unpaired) electrons. The van der Waals surface area contributed by atoms with Crippen molar-refractivity contribution in [3.8, 4) is 12.0 Å². The molecule has 0 amide bonds. The average molecular weight is 203 g/mol. The lowest BCUT2D eigenvalue weighted by molar-refractivity contribution is 1.86. The summed E-state index contributed by atoms with van der Waals surface area (Å²) in [6.45, 7) is 8.46. The Balaban J connectivity index is 4.28. The van der Waals surface area contributed by atoms with Gasteiger partial charge in [-0.2, -0.15) is 11.1 Å². The van der Waals surface area contributed by atoms with Crippen LogP contribution in [0.3, 0.4) is 0 Å². The fraction of sp³-hybridized carbons (Fsp3) is 0.500. The summed E-state index contributed by atoms with van der Waals surface area (Å²) in [5.41, 5.74) is 7.11. The minimum Gasteiger partial charge on any atom is -0.162 e. The van der Waals surface area contributed by atoms with Crippen LogP contribution in [0.4, 0.5) is 0 Å². The minimum absolute atomic E-state index is 1.49. The van der Waals surface area contributed by atoms with E-state index in [1.807, 2.05) is 0 Å². The van der Waals surface area contributed by atoms with Crippen LogP contribution >= 0.6 is 11.1 Å². The molecule has 0 saturated heterocycles. The Hall–Kier alpha value is 0.0238. The quantitative estimate of drug-likeness (QED) is 0.367. The predicted molar refractivity (Wildman–Crippen MR) is 58.8 cm³/mol. The highest BCUT2D eigenvalue weighted by atomic mass is 35.6. The Kier molecular flexibility index (Phi) is 3.62. The van der Waals surface area contributed by atoms with Crippen LogP contribution in [0.1, 0.15) is 0 Å². The largest absolute Gasteiger partial charge is 0.173 e. The van der Waals surface area contributed by atoms with Crippen LogP contribution in [0, 0.1) is 12.0 Å². The molecule has 0 aliphatic rings. The molecular weight excluding hydrogens is 188 g/mol. The van der Waals surface area contributed by atoms with E-state index in [0.29, 0.717) is 0 Å². The maximum absolute atomic E-state index is 6.10. The second-order valence-electron chi connectivity index (χ2n) is 3.76. The van der Waals surface area contributed by atoms with E-state index in [2.05, 4.69) is 43.1 Å². The number of rotatable bonds is 2. The van der Waals surface area contributed by atoms with Crippen molar-refractivity contribution in [2.75, 3.05) is 0 Å². The Morgan fingerprint density at radius 1 is 1.18 bits per heavy atom. The molecule has 0 aliphatic heterocycles. The van der Waals surface area contributed by atoms with Gasteiger partial charge >= 0.3 is 0 Å². The first-order valence-corrected chi connectivity index (χ1v) is 10.8. The van der Waals surface area contributed by atoms with Crippen molar-refractivity contribution >= 4 is 26.5 Å². The van der Waals surface area contributed by atoms with Crippen molar-refractivity contribution in [2.45, 2.75) is 26.2 Å². The van der Waals surface area contributed by atoms with Gasteiger partial charge < -0.3 is 0 Å². The molecule has 0 heterocycles. The molecule has 0 rings (SSSR count). The highest BCUT2D eigenvalue weighted by Crippen LogP contribution is 2.11. The Bertz CT molecular complexity index is 193. The lowest BCUT2D eigenvalue weighted by atomic mass is 11.2. The van der Waals surface area contributed by atoms with Gasteiger partial charge in [-0.3, -0.25) is 0 Å². The van der Waals surface area contributed by atoms with Crippen LogP contribution < -0.4 is 0 Å². The standard InChI is InChI=1S/C8H15ClSi2/c1-6-10(2,3)7-8-11(4,5)9/h1,7-8H,2-5H3/b8-7+. The highest BCUT2D eigenvalue weighted by molar-refractivity contribution is 7.22. The first-order chi connectivity index (χ1) is 4.77. The van der Waals surface area contributed by atoms with Gasteiger partial charge in [0.1, 0.15) is 0 Å². The van der Waals surface area contributed by atoms with Crippen molar-refractivity contribution in [1.29, 1.82) is 0 Å². The van der Waals surface area contributed by atoms with E-state index in [4.69, 9.17) is 17.5 Å². The molecule has 0 nitrogen and oxygen atoms in total. The molecule has 62 valence electrons. The zero-order valence-corrected chi connectivity index (χ0v) is 10.4. The van der Waals surface area contributed by atoms with Crippen molar-refractivity contribution in [1.82, 2.24) is 0 Å². The lowest BCUT2D eigenvalue weighted by Gasteiger charge is -2.11. The summed E-state index contributed by atoms with van der Waals surface area (Å²) in [7, 11) is -3.04. The van der Waals surface area contributed by atoms with Gasteiger partial charge in [0.25, 0.3) is 0 Å². The van der Waals surface area contributed by atoms with Gasteiger partial charge in [0.2, 0.25) is 0 Å². The zero-order chi connectivity index (χ0) is 9.12. The zero-order valence-electron chi connectivity index (χ0n) is 7.61. The van der Waals surface area contributed by atoms with E-state index in [1.165, 1.54) is 0 Å². The van der Waals surface area contributed by atoms with Crippen LogP contribution in [0.25, 0.3) is 0 Å². The van der Waals surface area contributed by atoms with Crippen molar-refractivity contribution in [3.63, 3.8) is 0 Å². The van der Waals surface area contributed by atoms with Gasteiger partial charge in [0.05, 0.1) is 0 Å². The molecule has 0 N–H and O–H groups in total. The second-order valence-corrected chi connectivity index (χ2v) is 14.2. The summed E-state index contributed by atoms with van der Waals surface area (Å²) in [5.74, 6) is 0. The van der Waals surface area contributed by atoms with Crippen LogP contribution in [-0.4, -0.2) is 15.5 Å². The topological polar surface area (TPSA) is 0 Å². The summed E-state index contributed by atoms with van der Waals surface area (Å²) in [6.07, 6.45) is 5.37. The summed E-state index contributed by atoms with van der Waals surface area (Å²) >= 11 is 6.10. The van der Waals surface area contributed by atoms with Crippen LogP contribution in [0.5, 0.6) is 0 Å². The average Bonchev–Trinajstić information content (AvgIpc) is 1.83. The number of hydrogen-bond donors (Lipinski definition) is 0. The summed E-state index contributed by atoms with van der Waals surface area (Å²) in [6, 6.07) is 0. The molecule has 0 aromatic heterocycles. The molecule has 0 saturated carbocycles. The molecule has 11 heavy (non-hydrogen) atoms. The smallest absolute Gasteiger partial charge is 0.162 e. The van der Waals surface area contributed by atoms with Gasteiger partial charge in [0, 0.05) is 0 Å². The molecule has 0 unspecified atom stereocenters. The first-order valence-electron chi connectivity index (χ1n) is 3.64. The number of terminal acetylenes is 1. The Morgan fingerprint density at radius 3 is 1.91 bits per heavy atom. The Morgan fingerprint density at radius 2 is 1.64 bits per heavy atom. The van der Waals surface area contributed by atoms with E-state index >= 15 is 0 Å². The van der Waals surface area contributed by atoms with E-state index in [9.17, 15) is 0 Å². The summed E-state index contributed by atoms with van der Waals surface area (Å²) < 4.78 is 0. The minimum atomic E-state index is -1.55. The van der Waals surface area contributed by atoms with Crippen LogP contribution in [-0.2, 0) is 0 Å². The fourth-order valence-electron chi connectivity index (χ4n) is 0.455. The van der Waals surface area contributed by atoms with Gasteiger partial charge in [-0.25, -0.2) is 0 Å². The molecule has 0 atom stereocenters. The third kappa shape index (κ3) is 6.42. The molecule has 3 heteroatoms. The third-order valence-corrected chi connectivity index (χ3v) is 4.68. The van der Waals surface area contributed by atoms with Gasteiger partial charge in [-0.1, -0.05) is 37.6 Å². The van der Waals surface area contributed by atoms with Crippen LogP contribution in [0.2, 0.25) is 26.2 Å². The summed E-state index contributed by atoms with van der Waals surface area (Å²) in [5, 5.41) is 0. The number of halogens is 1. The van der Waals surface area contributed by atoms with E-state index in [1.54, 1.807) is 0 Å². The Labute approximate surface area is 76.4 Å². The second kappa shape index (κ2) is 3.62. The van der Waals surface area contributed by atoms with Crippen molar-refractivity contribution < 1.29 is 0 Å². The normalized spacial score (nSPS) is 13.5. The fourth-order valence-corrected chi connectivity index (χ4v) is 4.37. The molecule has 0 spiro atoms. The maximum atomic E-state index is 6.10. The van der Waals surface area contributed by atoms with Gasteiger partial charge in [-0.05, 0) is 0 Å². The van der Waals surface area contributed by atoms with E-state index in [0.717, 1.165) is 0 Å². The first kappa shape index (κ1) is 11.0. The number of hydrogen-bond acceptors (Lipinski definition) is 0. The van der Waals surface area contributed by atoms with E-state index in [-0.39, 0.29) is 0 Å². The van der Waals surface area contributed by atoms with Gasteiger partial charge in [-0.15, -0.1) is 12.0 Å². The van der Waals surface area contributed by atoms with Crippen LogP contribution in [0.15, 0.2) is 11.4 Å². The van der Waals surface area contributed by atoms with Crippen molar-refractivity contribution in [3.05, 3.63) is 11.4 Å². The summed E-state index contributed by atoms with van der Waals surface area (Å²) in [4.78, 5) is 0. The monoisotopic (exact) mass is 202 g/mol. The molecule has 0 aromatic rings. The molecular formula is C8H15ClSi2. The van der Waals surface area contributed by atoms with Crippen molar-refractivity contribution in [2.24, 2.45) is 0 Å².